The smallest absolute Gasteiger partial charge is 0.322 e. The Morgan fingerprint density at radius 1 is 1.48 bits per heavy atom. The van der Waals surface area contributed by atoms with E-state index in [0.29, 0.717) is 5.75 Å². The summed E-state index contributed by atoms with van der Waals surface area (Å²) in [5.41, 5.74) is 7.12. The molecule has 1 aromatic rings. The van der Waals surface area contributed by atoms with Crippen molar-refractivity contribution in [2.24, 2.45) is 5.73 Å². The number of phenols is 1. The first-order valence-corrected chi connectivity index (χ1v) is 10.4. The number of aromatic hydroxyl groups is 1. The summed E-state index contributed by atoms with van der Waals surface area (Å²) in [5, 5.41) is 23.4. The largest absolute Gasteiger partial charge is 0.504 e. The van der Waals surface area contributed by atoms with Gasteiger partial charge in [-0.15, -0.1) is 0 Å². The molecule has 29 heavy (non-hydrogen) atoms. The molecule has 0 aromatic heterocycles. The number of carbonyl (C=O) groups is 1. The molecule has 2 heterocycles. The van der Waals surface area contributed by atoms with Gasteiger partial charge in [-0.1, -0.05) is 6.07 Å². The summed E-state index contributed by atoms with van der Waals surface area (Å²) in [4.78, 5) is 14.0. The van der Waals surface area contributed by atoms with Gasteiger partial charge in [0, 0.05) is 31.3 Å². The molecule has 0 amide bonds. The molecule has 5 N–H and O–H groups in total. The molecule has 6 atom stereocenters. The molecular formula is C21H29N3O5. The Balaban J connectivity index is 1.68. The van der Waals surface area contributed by atoms with E-state index >= 15 is 0 Å². The van der Waals surface area contributed by atoms with Crippen LogP contribution in [0.15, 0.2) is 12.1 Å². The number of carboxylic acid groups (broad SMARTS) is 1. The van der Waals surface area contributed by atoms with Crippen molar-refractivity contribution in [2.45, 2.75) is 60.9 Å². The Morgan fingerprint density at radius 2 is 2.28 bits per heavy atom. The zero-order valence-corrected chi connectivity index (χ0v) is 16.9. The second-order valence-electron chi connectivity index (χ2n) is 8.94. The summed E-state index contributed by atoms with van der Waals surface area (Å²) in [6.07, 6.45) is 2.88. The van der Waals surface area contributed by atoms with E-state index in [1.807, 2.05) is 6.07 Å². The molecule has 8 heteroatoms. The second-order valence-corrected chi connectivity index (χ2v) is 8.94. The molecular weight excluding hydrogens is 374 g/mol. The minimum Gasteiger partial charge on any atom is -0.504 e. The summed E-state index contributed by atoms with van der Waals surface area (Å²) in [7, 11) is 3.93. The lowest BCUT2D eigenvalue weighted by Gasteiger charge is -2.65. The number of nitrogens with zero attached hydrogens (tertiary/aromatic N) is 1. The fourth-order valence-corrected chi connectivity index (χ4v) is 6.81. The van der Waals surface area contributed by atoms with Crippen molar-refractivity contribution in [1.29, 1.82) is 0 Å². The number of likely N-dealkylation sites (tertiary alicyclic amines) is 1. The number of carboxylic acids is 1. The lowest BCUT2D eigenvalue weighted by molar-refractivity contribution is -0.204. The maximum atomic E-state index is 11.6. The Labute approximate surface area is 170 Å². The Hall–Kier alpha value is -1.87. The highest BCUT2D eigenvalue weighted by molar-refractivity contribution is 5.74. The number of hydrogen-bond acceptors (Lipinski definition) is 7. The number of aliphatic carboxylic acids is 1. The van der Waals surface area contributed by atoms with Gasteiger partial charge in [-0.3, -0.25) is 10.1 Å². The van der Waals surface area contributed by atoms with E-state index < -0.39 is 23.0 Å². The van der Waals surface area contributed by atoms with Crippen LogP contribution >= 0.6 is 0 Å². The van der Waals surface area contributed by atoms with E-state index in [9.17, 15) is 15.0 Å². The van der Waals surface area contributed by atoms with E-state index in [-0.39, 0.29) is 30.5 Å². The number of methoxy groups -OCH3 is 1. The summed E-state index contributed by atoms with van der Waals surface area (Å²) in [6.45, 7) is 0.909. The van der Waals surface area contributed by atoms with E-state index in [4.69, 9.17) is 15.2 Å². The van der Waals surface area contributed by atoms with Crippen molar-refractivity contribution < 1.29 is 24.5 Å². The minimum atomic E-state index is -0.961. The molecule has 158 valence electrons. The van der Waals surface area contributed by atoms with Crippen LogP contribution in [0.4, 0.5) is 0 Å². The number of likely N-dealkylation sites (N-methyl/N-ethyl adjacent to an activating group) is 1. The first-order valence-electron chi connectivity index (χ1n) is 10.4. The average Bonchev–Trinajstić information content (AvgIpc) is 3.06. The van der Waals surface area contributed by atoms with Crippen molar-refractivity contribution in [1.82, 2.24) is 10.2 Å². The van der Waals surface area contributed by atoms with E-state index in [0.717, 1.165) is 37.8 Å². The maximum absolute atomic E-state index is 11.6. The van der Waals surface area contributed by atoms with Crippen LogP contribution < -0.4 is 15.8 Å². The Kier molecular flexibility index (Phi) is 4.16. The minimum absolute atomic E-state index is 0.00971. The quantitative estimate of drug-likeness (QED) is 0.551. The molecule has 5 rings (SSSR count). The van der Waals surface area contributed by atoms with Gasteiger partial charge in [0.2, 0.25) is 0 Å². The zero-order chi connectivity index (χ0) is 20.6. The van der Waals surface area contributed by atoms with E-state index in [1.165, 1.54) is 5.56 Å². The van der Waals surface area contributed by atoms with Gasteiger partial charge in [0.05, 0.1) is 11.0 Å². The van der Waals surface area contributed by atoms with Crippen LogP contribution in [0.5, 0.6) is 11.5 Å². The second kappa shape index (κ2) is 6.31. The van der Waals surface area contributed by atoms with Crippen LogP contribution in [0.3, 0.4) is 0 Å². The number of piperidine rings is 1. The molecule has 2 aliphatic heterocycles. The highest BCUT2D eigenvalue weighted by Gasteiger charge is 2.73. The third-order valence-electron chi connectivity index (χ3n) is 8.00. The molecule has 2 fully saturated rings. The van der Waals surface area contributed by atoms with Crippen molar-refractivity contribution in [3.05, 3.63) is 23.3 Å². The van der Waals surface area contributed by atoms with Gasteiger partial charge in [0.1, 0.15) is 12.1 Å². The van der Waals surface area contributed by atoms with Gasteiger partial charge in [0.25, 0.3) is 0 Å². The van der Waals surface area contributed by atoms with E-state index in [1.54, 1.807) is 13.2 Å². The maximum Gasteiger partial charge on any atom is 0.322 e. The monoisotopic (exact) mass is 403 g/mol. The van der Waals surface area contributed by atoms with Gasteiger partial charge in [-0.05, 0) is 50.9 Å². The molecule has 0 radical (unpaired) electrons. The first kappa shape index (κ1) is 19.1. The summed E-state index contributed by atoms with van der Waals surface area (Å²) in [6, 6.07) is 2.90. The van der Waals surface area contributed by atoms with Crippen LogP contribution in [-0.2, 0) is 21.4 Å². The summed E-state index contributed by atoms with van der Waals surface area (Å²) >= 11 is 0. The SMILES string of the molecule is CO[C@@]12CC[C@@H](N[C@@H](CN)C(=O)O)[C@@H]3Oc4c(O)ccc5c4[C@@]31CCN(C)C2C5. The van der Waals surface area contributed by atoms with Crippen molar-refractivity contribution in [3.63, 3.8) is 0 Å². The van der Waals surface area contributed by atoms with Crippen molar-refractivity contribution in [2.75, 3.05) is 27.2 Å². The molecule has 1 unspecified atom stereocenters. The van der Waals surface area contributed by atoms with Gasteiger partial charge >= 0.3 is 5.97 Å². The molecule has 1 saturated heterocycles. The van der Waals surface area contributed by atoms with E-state index in [2.05, 4.69) is 17.3 Å². The predicted molar refractivity (Wildman–Crippen MR) is 105 cm³/mol. The first-order chi connectivity index (χ1) is 13.9. The number of ether oxygens (including phenoxy) is 2. The lowest BCUT2D eigenvalue weighted by atomic mass is 9.48. The third kappa shape index (κ3) is 2.20. The number of phenolic OH excluding ortho intramolecular Hbond substituents is 1. The molecule has 2 bridgehead atoms. The third-order valence-corrected chi connectivity index (χ3v) is 8.00. The predicted octanol–water partition coefficient (Wildman–Crippen LogP) is 0.200. The molecule has 1 aromatic carbocycles. The molecule has 8 nitrogen and oxygen atoms in total. The van der Waals surface area contributed by atoms with Gasteiger partial charge in [0.15, 0.2) is 11.5 Å². The van der Waals surface area contributed by atoms with Crippen molar-refractivity contribution >= 4 is 5.97 Å². The lowest BCUT2D eigenvalue weighted by Crippen LogP contribution is -2.78. The van der Waals surface area contributed by atoms with Crippen LogP contribution in [-0.4, -0.2) is 78.2 Å². The summed E-state index contributed by atoms with van der Waals surface area (Å²) < 4.78 is 12.8. The number of hydrogen-bond donors (Lipinski definition) is 4. The van der Waals surface area contributed by atoms with Crippen LogP contribution in [0.2, 0.25) is 0 Å². The highest BCUT2D eigenvalue weighted by Crippen LogP contribution is 2.66. The van der Waals surface area contributed by atoms with Gasteiger partial charge in [-0.2, -0.15) is 0 Å². The van der Waals surface area contributed by atoms with Crippen LogP contribution in [0.25, 0.3) is 0 Å². The average molecular weight is 403 g/mol. The number of nitrogens with one attached hydrogen (secondary N) is 1. The highest BCUT2D eigenvalue weighted by atomic mass is 16.5. The number of benzene rings is 1. The Morgan fingerprint density at radius 3 is 2.97 bits per heavy atom. The number of nitrogens with two attached hydrogens (primary N) is 1. The topological polar surface area (TPSA) is 117 Å². The fourth-order valence-electron chi connectivity index (χ4n) is 6.81. The molecule has 1 saturated carbocycles. The summed E-state index contributed by atoms with van der Waals surface area (Å²) in [5.74, 6) is -0.273. The number of rotatable bonds is 5. The zero-order valence-electron chi connectivity index (χ0n) is 16.9. The van der Waals surface area contributed by atoms with Crippen LogP contribution in [0, 0.1) is 0 Å². The molecule has 2 aliphatic carbocycles. The van der Waals surface area contributed by atoms with Crippen molar-refractivity contribution in [3.8, 4) is 11.5 Å². The standard InChI is InChI=1S/C21H29N3O5/c1-24-8-7-20-16-11-3-4-14(25)17(16)29-18(20)12(23-13(10-22)19(26)27)5-6-21(20,28-2)15(24)9-11/h3-4,12-13,15,18,23,25H,5-10,22H2,1-2H3,(H,26,27)/t12-,13+,15?,18+,20+,21-/m1/s1. The molecule has 4 aliphatic rings. The Bertz CT molecular complexity index is 863. The normalized spacial score (nSPS) is 38.2. The van der Waals surface area contributed by atoms with Gasteiger partial charge < -0.3 is 30.3 Å². The molecule has 1 spiro atoms. The fraction of sp³-hybridized carbons (Fsp3) is 0.667. The van der Waals surface area contributed by atoms with Gasteiger partial charge in [-0.25, -0.2) is 0 Å². The van der Waals surface area contributed by atoms with Crippen LogP contribution in [0.1, 0.15) is 30.4 Å².